The third-order valence-corrected chi connectivity index (χ3v) is 4.06. The zero-order valence-corrected chi connectivity index (χ0v) is 12.0. The second-order valence-electron chi connectivity index (χ2n) is 4.35. The van der Waals surface area contributed by atoms with Gasteiger partial charge in [-0.25, -0.2) is 0 Å². The van der Waals surface area contributed by atoms with Gasteiger partial charge in [0, 0.05) is 10.2 Å². The summed E-state index contributed by atoms with van der Waals surface area (Å²) in [5.41, 5.74) is 2.96. The highest BCUT2D eigenvalue weighted by molar-refractivity contribution is 9.10. The molecule has 0 aliphatic carbocycles. The Labute approximate surface area is 115 Å². The predicted octanol–water partition coefficient (Wildman–Crippen LogP) is 2.42. The number of carbonyl (C=O) groups excluding carboxylic acids is 1. The van der Waals surface area contributed by atoms with Gasteiger partial charge in [-0.3, -0.25) is 4.79 Å². The molecule has 1 fully saturated rings. The van der Waals surface area contributed by atoms with Crippen molar-refractivity contribution in [3.63, 3.8) is 0 Å². The summed E-state index contributed by atoms with van der Waals surface area (Å²) in [5.74, 6) is -0.157. The Hall–Kier alpha value is -0.910. The van der Waals surface area contributed by atoms with E-state index in [-0.39, 0.29) is 5.91 Å². The molecule has 4 nitrogen and oxygen atoms in total. The summed E-state index contributed by atoms with van der Waals surface area (Å²) in [4.78, 5) is 11.9. The van der Waals surface area contributed by atoms with Crippen molar-refractivity contribution in [1.29, 1.82) is 0 Å². The summed E-state index contributed by atoms with van der Waals surface area (Å²) >= 11 is 3.50. The van der Waals surface area contributed by atoms with Crippen LogP contribution in [0.1, 0.15) is 11.1 Å². The van der Waals surface area contributed by atoms with E-state index in [1.807, 2.05) is 26.0 Å². The van der Waals surface area contributed by atoms with Crippen LogP contribution < -0.4 is 5.32 Å². The van der Waals surface area contributed by atoms with Crippen molar-refractivity contribution in [2.75, 3.05) is 25.1 Å². The zero-order valence-electron chi connectivity index (χ0n) is 10.5. The number of anilines is 1. The molecule has 1 saturated heterocycles. The highest BCUT2D eigenvalue weighted by Gasteiger charge is 2.22. The van der Waals surface area contributed by atoms with Gasteiger partial charge in [-0.05, 0) is 37.1 Å². The van der Waals surface area contributed by atoms with Crippen LogP contribution in [0.2, 0.25) is 0 Å². The lowest BCUT2D eigenvalue weighted by Crippen LogP contribution is -2.39. The summed E-state index contributed by atoms with van der Waals surface area (Å²) in [6, 6.07) is 3.86. The van der Waals surface area contributed by atoms with Gasteiger partial charge in [0.25, 0.3) is 5.91 Å². The molecule has 1 atom stereocenters. The number of halogens is 1. The fourth-order valence-corrected chi connectivity index (χ4v) is 2.11. The number of carbonyl (C=O) groups is 1. The van der Waals surface area contributed by atoms with Crippen LogP contribution in [-0.4, -0.2) is 31.8 Å². The van der Waals surface area contributed by atoms with Crippen LogP contribution in [-0.2, 0) is 14.3 Å². The fourth-order valence-electron chi connectivity index (χ4n) is 1.88. The molecule has 0 bridgehead atoms. The van der Waals surface area contributed by atoms with Crippen LogP contribution in [0.4, 0.5) is 5.69 Å². The van der Waals surface area contributed by atoms with E-state index in [0.29, 0.717) is 19.8 Å². The lowest BCUT2D eigenvalue weighted by molar-refractivity contribution is -0.142. The quantitative estimate of drug-likeness (QED) is 0.912. The summed E-state index contributed by atoms with van der Waals surface area (Å²) in [6.45, 7) is 5.33. The Balaban J connectivity index is 2.06. The molecule has 0 radical (unpaired) electrons. The molecule has 1 aliphatic heterocycles. The summed E-state index contributed by atoms with van der Waals surface area (Å²) < 4.78 is 11.6. The fraction of sp³-hybridized carbons (Fsp3) is 0.462. The maximum atomic E-state index is 11.9. The van der Waals surface area contributed by atoms with Crippen molar-refractivity contribution in [1.82, 2.24) is 0 Å². The van der Waals surface area contributed by atoms with Crippen molar-refractivity contribution >= 4 is 27.5 Å². The topological polar surface area (TPSA) is 47.6 Å². The molecule has 1 aromatic rings. The molecule has 2 rings (SSSR count). The van der Waals surface area contributed by atoms with Crippen LogP contribution in [0, 0.1) is 13.8 Å². The summed E-state index contributed by atoms with van der Waals surface area (Å²) in [5, 5.41) is 2.86. The summed E-state index contributed by atoms with van der Waals surface area (Å²) in [7, 11) is 0. The molecule has 1 N–H and O–H groups in total. The molecule has 0 unspecified atom stereocenters. The molecule has 5 heteroatoms. The van der Waals surface area contributed by atoms with Gasteiger partial charge >= 0.3 is 0 Å². The first-order valence-corrected chi connectivity index (χ1v) is 6.64. The molecule has 18 heavy (non-hydrogen) atoms. The van der Waals surface area contributed by atoms with Crippen LogP contribution in [0.15, 0.2) is 16.6 Å². The molecular formula is C13H16BrNO3. The first kappa shape index (κ1) is 13.5. The van der Waals surface area contributed by atoms with Crippen molar-refractivity contribution in [3.8, 4) is 0 Å². The molecule has 0 spiro atoms. The normalized spacial score (nSPS) is 19.6. The molecular weight excluding hydrogens is 298 g/mol. The second-order valence-corrected chi connectivity index (χ2v) is 5.14. The van der Waals surface area contributed by atoms with Gasteiger partial charge in [-0.15, -0.1) is 0 Å². The number of ether oxygens (including phenoxy) is 2. The number of hydrogen-bond donors (Lipinski definition) is 1. The van der Waals surface area contributed by atoms with Gasteiger partial charge in [-0.2, -0.15) is 0 Å². The molecule has 1 amide bonds. The highest BCUT2D eigenvalue weighted by atomic mass is 79.9. The Morgan fingerprint density at radius 2 is 2.00 bits per heavy atom. The maximum absolute atomic E-state index is 11.9. The zero-order chi connectivity index (χ0) is 13.1. The lowest BCUT2D eigenvalue weighted by Gasteiger charge is -2.22. The predicted molar refractivity (Wildman–Crippen MR) is 72.8 cm³/mol. The van der Waals surface area contributed by atoms with Crippen LogP contribution in [0.5, 0.6) is 0 Å². The van der Waals surface area contributed by atoms with E-state index in [2.05, 4.69) is 21.2 Å². The Kier molecular flexibility index (Phi) is 4.37. The largest absolute Gasteiger partial charge is 0.376 e. The SMILES string of the molecule is Cc1cc(NC(=O)[C@H]2COCCO2)cc(C)c1Br. The highest BCUT2D eigenvalue weighted by Crippen LogP contribution is 2.25. The van der Waals surface area contributed by atoms with E-state index in [0.717, 1.165) is 21.3 Å². The number of nitrogens with one attached hydrogen (secondary N) is 1. The van der Waals surface area contributed by atoms with Crippen molar-refractivity contribution in [2.45, 2.75) is 20.0 Å². The Morgan fingerprint density at radius 1 is 1.33 bits per heavy atom. The van der Waals surface area contributed by atoms with Gasteiger partial charge in [0.15, 0.2) is 6.10 Å². The van der Waals surface area contributed by atoms with Gasteiger partial charge in [0.1, 0.15) is 0 Å². The monoisotopic (exact) mass is 313 g/mol. The minimum atomic E-state index is -0.511. The minimum absolute atomic E-state index is 0.157. The van der Waals surface area contributed by atoms with Gasteiger partial charge in [0.2, 0.25) is 0 Å². The Bertz CT molecular complexity index is 433. The van der Waals surface area contributed by atoms with E-state index >= 15 is 0 Å². The Morgan fingerprint density at radius 3 is 2.56 bits per heavy atom. The first-order valence-electron chi connectivity index (χ1n) is 5.85. The first-order chi connectivity index (χ1) is 8.58. The maximum Gasteiger partial charge on any atom is 0.255 e. The molecule has 1 aliphatic rings. The molecule has 0 saturated carbocycles. The average molecular weight is 314 g/mol. The van der Waals surface area contributed by atoms with Crippen molar-refractivity contribution < 1.29 is 14.3 Å². The van der Waals surface area contributed by atoms with E-state index in [9.17, 15) is 4.79 Å². The van der Waals surface area contributed by atoms with Crippen LogP contribution in [0.3, 0.4) is 0 Å². The van der Waals surface area contributed by atoms with Crippen LogP contribution in [0.25, 0.3) is 0 Å². The smallest absolute Gasteiger partial charge is 0.255 e. The van der Waals surface area contributed by atoms with E-state index in [4.69, 9.17) is 9.47 Å². The minimum Gasteiger partial charge on any atom is -0.376 e. The number of rotatable bonds is 2. The van der Waals surface area contributed by atoms with E-state index in [1.165, 1.54) is 0 Å². The third-order valence-electron chi connectivity index (χ3n) is 2.81. The molecule has 1 aromatic carbocycles. The molecule has 0 aromatic heterocycles. The van der Waals surface area contributed by atoms with Crippen LogP contribution >= 0.6 is 15.9 Å². The van der Waals surface area contributed by atoms with Crippen molar-refractivity contribution in [2.24, 2.45) is 0 Å². The lowest BCUT2D eigenvalue weighted by atomic mass is 10.1. The van der Waals surface area contributed by atoms with E-state index in [1.54, 1.807) is 0 Å². The van der Waals surface area contributed by atoms with Gasteiger partial charge in [0.05, 0.1) is 19.8 Å². The average Bonchev–Trinajstić information content (AvgIpc) is 2.37. The summed E-state index contributed by atoms with van der Waals surface area (Å²) in [6.07, 6.45) is -0.511. The molecule has 98 valence electrons. The van der Waals surface area contributed by atoms with E-state index < -0.39 is 6.10 Å². The van der Waals surface area contributed by atoms with Gasteiger partial charge in [-0.1, -0.05) is 15.9 Å². The molecule has 1 heterocycles. The number of amides is 1. The number of hydrogen-bond acceptors (Lipinski definition) is 3. The third kappa shape index (κ3) is 3.10. The van der Waals surface area contributed by atoms with Crippen molar-refractivity contribution in [3.05, 3.63) is 27.7 Å². The van der Waals surface area contributed by atoms with Gasteiger partial charge < -0.3 is 14.8 Å². The number of benzene rings is 1. The second kappa shape index (κ2) is 5.82. The standard InChI is InChI=1S/C13H16BrNO3/c1-8-5-10(6-9(2)12(8)14)15-13(16)11-7-17-3-4-18-11/h5-6,11H,3-4,7H2,1-2H3,(H,15,16)/t11-/m1/s1. The number of aryl methyl sites for hydroxylation is 2.